The number of nitrogens with zero attached hydrogens (tertiary/aromatic N) is 3. The molecule has 0 saturated carbocycles. The van der Waals surface area contributed by atoms with E-state index in [1.54, 1.807) is 30.5 Å². The number of piperidine rings is 1. The first-order chi connectivity index (χ1) is 16.4. The standard InChI is InChI=1S/C25H30N4O4S/c1-3-33-21-9-11-22(12-10-21)34(31,32)29-16-13-20(14-17-29)25(30)27-23(19-7-5-4-6-8-19)24-26-15-18-28(24)2/h4-12,15,18,20,23H,3,13-14,16-17H2,1-2H3,(H,27,30)/t23-/m1/s1. The highest BCUT2D eigenvalue weighted by molar-refractivity contribution is 7.89. The van der Waals surface area contributed by atoms with Gasteiger partial charge in [0.15, 0.2) is 0 Å². The molecule has 34 heavy (non-hydrogen) atoms. The van der Waals surface area contributed by atoms with Crippen LogP contribution in [0, 0.1) is 5.92 Å². The summed E-state index contributed by atoms with van der Waals surface area (Å²) < 4.78 is 34.9. The molecule has 0 radical (unpaired) electrons. The Morgan fingerprint density at radius 2 is 1.79 bits per heavy atom. The molecule has 2 aromatic carbocycles. The lowest BCUT2D eigenvalue weighted by atomic mass is 9.96. The molecule has 1 fully saturated rings. The van der Waals surface area contributed by atoms with Crippen LogP contribution in [0.5, 0.6) is 5.75 Å². The van der Waals surface area contributed by atoms with Crippen molar-refractivity contribution in [2.75, 3.05) is 19.7 Å². The molecule has 9 heteroatoms. The van der Waals surface area contributed by atoms with Crippen LogP contribution in [0.1, 0.15) is 37.2 Å². The number of amides is 1. The Bertz CT molecular complexity index is 1200. The minimum Gasteiger partial charge on any atom is -0.494 e. The van der Waals surface area contributed by atoms with Crippen molar-refractivity contribution in [2.24, 2.45) is 13.0 Å². The smallest absolute Gasteiger partial charge is 0.243 e. The average Bonchev–Trinajstić information content (AvgIpc) is 3.29. The van der Waals surface area contributed by atoms with Crippen molar-refractivity contribution in [3.8, 4) is 5.75 Å². The van der Waals surface area contributed by atoms with Gasteiger partial charge < -0.3 is 14.6 Å². The molecule has 1 aromatic heterocycles. The largest absolute Gasteiger partial charge is 0.494 e. The lowest BCUT2D eigenvalue weighted by molar-refractivity contribution is -0.126. The van der Waals surface area contributed by atoms with Crippen molar-refractivity contribution in [3.63, 3.8) is 0 Å². The fourth-order valence-electron chi connectivity index (χ4n) is 4.24. The Morgan fingerprint density at radius 1 is 1.12 bits per heavy atom. The SMILES string of the molecule is CCOc1ccc(S(=O)(=O)N2CCC(C(=O)N[C@H](c3ccccc3)c3nccn3C)CC2)cc1. The van der Waals surface area contributed by atoms with Gasteiger partial charge in [-0.05, 0) is 49.6 Å². The molecule has 1 amide bonds. The number of rotatable bonds is 8. The summed E-state index contributed by atoms with van der Waals surface area (Å²) in [4.78, 5) is 17.9. The predicted octanol–water partition coefficient (Wildman–Crippen LogP) is 3.13. The summed E-state index contributed by atoms with van der Waals surface area (Å²) in [6.45, 7) is 2.99. The number of nitrogens with one attached hydrogen (secondary N) is 1. The summed E-state index contributed by atoms with van der Waals surface area (Å²) in [5.41, 5.74) is 0.945. The van der Waals surface area contributed by atoms with Crippen LogP contribution < -0.4 is 10.1 Å². The van der Waals surface area contributed by atoms with Crippen LogP contribution in [-0.2, 0) is 21.9 Å². The van der Waals surface area contributed by atoms with Crippen LogP contribution in [0.2, 0.25) is 0 Å². The Labute approximate surface area is 200 Å². The third kappa shape index (κ3) is 5.15. The van der Waals surface area contributed by atoms with E-state index in [1.807, 2.05) is 55.1 Å². The molecule has 1 aliphatic heterocycles. The topological polar surface area (TPSA) is 93.5 Å². The maximum atomic E-state index is 13.2. The van der Waals surface area contributed by atoms with Gasteiger partial charge >= 0.3 is 0 Å². The molecule has 0 unspecified atom stereocenters. The van der Waals surface area contributed by atoms with Crippen molar-refractivity contribution >= 4 is 15.9 Å². The van der Waals surface area contributed by atoms with Crippen LogP contribution in [0.15, 0.2) is 71.9 Å². The third-order valence-corrected chi connectivity index (χ3v) is 8.05. The molecule has 3 aromatic rings. The van der Waals surface area contributed by atoms with Crippen molar-refractivity contribution in [1.29, 1.82) is 0 Å². The Hall–Kier alpha value is -3.17. The predicted molar refractivity (Wildman–Crippen MR) is 129 cm³/mol. The first kappa shape index (κ1) is 24.0. The second-order valence-corrected chi connectivity index (χ2v) is 10.3. The highest BCUT2D eigenvalue weighted by atomic mass is 32.2. The van der Waals surface area contributed by atoms with Crippen LogP contribution >= 0.6 is 0 Å². The summed E-state index contributed by atoms with van der Waals surface area (Å²) in [5.74, 6) is 1.03. The van der Waals surface area contributed by atoms with E-state index in [1.165, 1.54) is 4.31 Å². The van der Waals surface area contributed by atoms with Gasteiger partial charge in [0.05, 0.1) is 11.5 Å². The maximum absolute atomic E-state index is 13.2. The molecule has 4 rings (SSSR count). The van der Waals surface area contributed by atoms with Gasteiger partial charge in [-0.15, -0.1) is 0 Å². The number of carbonyl (C=O) groups is 1. The van der Waals surface area contributed by atoms with Crippen LogP contribution in [0.3, 0.4) is 0 Å². The molecule has 2 heterocycles. The number of imidazole rings is 1. The summed E-state index contributed by atoms with van der Waals surface area (Å²) in [5, 5.41) is 3.15. The maximum Gasteiger partial charge on any atom is 0.243 e. The van der Waals surface area contributed by atoms with Gasteiger partial charge in [-0.1, -0.05) is 30.3 Å². The molecular formula is C25H30N4O4S. The zero-order chi connectivity index (χ0) is 24.1. The number of hydrogen-bond acceptors (Lipinski definition) is 5. The Kier molecular flexibility index (Phi) is 7.33. The quantitative estimate of drug-likeness (QED) is 0.533. The normalized spacial score (nSPS) is 16.2. The van der Waals surface area contributed by atoms with E-state index in [9.17, 15) is 13.2 Å². The first-order valence-electron chi connectivity index (χ1n) is 11.5. The van der Waals surface area contributed by atoms with Gasteiger partial charge in [0.25, 0.3) is 0 Å². The highest BCUT2D eigenvalue weighted by Gasteiger charge is 2.33. The molecule has 8 nitrogen and oxygen atoms in total. The molecule has 1 atom stereocenters. The minimum atomic E-state index is -3.62. The van der Waals surface area contributed by atoms with Crippen molar-refractivity contribution in [2.45, 2.75) is 30.7 Å². The minimum absolute atomic E-state index is 0.0880. The molecular weight excluding hydrogens is 452 g/mol. The van der Waals surface area contributed by atoms with E-state index in [-0.39, 0.29) is 22.8 Å². The number of sulfonamides is 1. The second kappa shape index (κ2) is 10.4. The Morgan fingerprint density at radius 3 is 2.38 bits per heavy atom. The highest BCUT2D eigenvalue weighted by Crippen LogP contribution is 2.27. The van der Waals surface area contributed by atoms with Crippen LogP contribution in [0.25, 0.3) is 0 Å². The monoisotopic (exact) mass is 482 g/mol. The van der Waals surface area contributed by atoms with E-state index in [0.717, 1.165) is 11.4 Å². The third-order valence-electron chi connectivity index (χ3n) is 6.13. The second-order valence-electron chi connectivity index (χ2n) is 8.33. The van der Waals surface area contributed by atoms with Crippen LogP contribution in [-0.4, -0.2) is 47.9 Å². The number of benzene rings is 2. The van der Waals surface area contributed by atoms with Gasteiger partial charge in [0.1, 0.15) is 17.6 Å². The number of ether oxygens (including phenoxy) is 1. The number of aryl methyl sites for hydroxylation is 1. The zero-order valence-corrected chi connectivity index (χ0v) is 20.2. The van der Waals surface area contributed by atoms with Gasteiger partial charge in [-0.2, -0.15) is 4.31 Å². The van der Waals surface area contributed by atoms with E-state index < -0.39 is 10.0 Å². The van der Waals surface area contributed by atoms with Gasteiger partial charge in [0.2, 0.25) is 15.9 Å². The molecule has 0 aliphatic carbocycles. The van der Waals surface area contributed by atoms with E-state index in [4.69, 9.17) is 4.74 Å². The number of carbonyl (C=O) groups excluding carboxylic acids is 1. The van der Waals surface area contributed by atoms with Gasteiger partial charge in [-0.25, -0.2) is 13.4 Å². The Balaban J connectivity index is 1.42. The molecule has 1 aliphatic rings. The van der Waals surface area contributed by atoms with E-state index in [2.05, 4.69) is 10.3 Å². The van der Waals surface area contributed by atoms with E-state index >= 15 is 0 Å². The summed E-state index contributed by atoms with van der Waals surface area (Å²) in [7, 11) is -1.72. The lowest BCUT2D eigenvalue weighted by Gasteiger charge is -2.31. The molecule has 180 valence electrons. The van der Waals surface area contributed by atoms with Gasteiger partial charge in [-0.3, -0.25) is 4.79 Å². The summed E-state index contributed by atoms with van der Waals surface area (Å²) >= 11 is 0. The number of aromatic nitrogens is 2. The lowest BCUT2D eigenvalue weighted by Crippen LogP contribution is -2.44. The summed E-state index contributed by atoms with van der Waals surface area (Å²) in [6.07, 6.45) is 4.48. The van der Waals surface area contributed by atoms with Gasteiger partial charge in [0, 0.05) is 38.4 Å². The molecule has 0 bridgehead atoms. The fraction of sp³-hybridized carbons (Fsp3) is 0.360. The molecule has 0 spiro atoms. The first-order valence-corrected chi connectivity index (χ1v) is 12.9. The van der Waals surface area contributed by atoms with Crippen molar-refractivity contribution in [1.82, 2.24) is 19.2 Å². The number of hydrogen-bond donors (Lipinski definition) is 1. The molecule has 1 saturated heterocycles. The fourth-order valence-corrected chi connectivity index (χ4v) is 5.71. The van der Waals surface area contributed by atoms with E-state index in [0.29, 0.717) is 38.3 Å². The zero-order valence-electron chi connectivity index (χ0n) is 19.4. The van der Waals surface area contributed by atoms with Crippen molar-refractivity contribution in [3.05, 3.63) is 78.4 Å². The molecule has 1 N–H and O–H groups in total. The summed E-state index contributed by atoms with van der Waals surface area (Å²) in [6, 6.07) is 15.8. The van der Waals surface area contributed by atoms with Crippen LogP contribution in [0.4, 0.5) is 0 Å². The van der Waals surface area contributed by atoms with Crippen molar-refractivity contribution < 1.29 is 17.9 Å². The average molecular weight is 483 g/mol.